The summed E-state index contributed by atoms with van der Waals surface area (Å²) in [5.41, 5.74) is 1.51. The molecule has 2 nitrogen and oxygen atoms in total. The van der Waals surface area contributed by atoms with Crippen molar-refractivity contribution in [3.8, 4) is 0 Å². The van der Waals surface area contributed by atoms with Crippen molar-refractivity contribution in [1.29, 1.82) is 0 Å². The predicted molar refractivity (Wildman–Crippen MR) is 50.1 cm³/mol. The summed E-state index contributed by atoms with van der Waals surface area (Å²) in [6.45, 7) is -0.879. The highest BCUT2D eigenvalue weighted by molar-refractivity contribution is 5.21. The van der Waals surface area contributed by atoms with Gasteiger partial charge in [0.05, 0.1) is 13.2 Å². The average Bonchev–Trinajstić information content (AvgIpc) is 2.17. The molecule has 0 saturated heterocycles. The van der Waals surface area contributed by atoms with E-state index in [2.05, 4.69) is 5.32 Å². The van der Waals surface area contributed by atoms with Gasteiger partial charge in [-0.2, -0.15) is 13.2 Å². The Balaban J connectivity index is 2.38. The van der Waals surface area contributed by atoms with Gasteiger partial charge in [-0.15, -0.1) is 0 Å². The van der Waals surface area contributed by atoms with Crippen LogP contribution in [0.15, 0.2) is 24.3 Å². The molecule has 0 bridgehead atoms. The Morgan fingerprint density at radius 2 is 1.60 bits per heavy atom. The summed E-state index contributed by atoms with van der Waals surface area (Å²) in [6, 6.07) is 6.75. The molecule has 1 rings (SSSR count). The highest BCUT2D eigenvalue weighted by Crippen LogP contribution is 2.12. The minimum absolute atomic E-state index is 0.0593. The predicted octanol–water partition coefficient (Wildman–Crippen LogP) is 1.83. The van der Waals surface area contributed by atoms with E-state index >= 15 is 0 Å². The molecule has 0 spiro atoms. The van der Waals surface area contributed by atoms with E-state index in [-0.39, 0.29) is 13.2 Å². The van der Waals surface area contributed by atoms with Gasteiger partial charge in [-0.1, -0.05) is 24.3 Å². The van der Waals surface area contributed by atoms with Gasteiger partial charge in [0.1, 0.15) is 0 Å². The van der Waals surface area contributed by atoms with Crippen molar-refractivity contribution < 1.29 is 18.3 Å². The molecule has 0 radical (unpaired) electrons. The van der Waals surface area contributed by atoms with Gasteiger partial charge in [-0.05, 0) is 11.1 Å². The van der Waals surface area contributed by atoms with Crippen LogP contribution in [0.4, 0.5) is 13.2 Å². The zero-order chi connectivity index (χ0) is 11.3. The largest absolute Gasteiger partial charge is 0.401 e. The van der Waals surface area contributed by atoms with Gasteiger partial charge >= 0.3 is 6.18 Å². The molecule has 5 heteroatoms. The molecule has 84 valence electrons. The summed E-state index contributed by atoms with van der Waals surface area (Å²) in [5.74, 6) is 0. The quantitative estimate of drug-likeness (QED) is 0.809. The van der Waals surface area contributed by atoms with E-state index in [0.717, 1.165) is 11.1 Å². The van der Waals surface area contributed by atoms with E-state index in [4.69, 9.17) is 5.11 Å². The Bertz CT molecular complexity index is 295. The molecular weight excluding hydrogens is 207 g/mol. The van der Waals surface area contributed by atoms with Crippen LogP contribution in [0, 0.1) is 0 Å². The van der Waals surface area contributed by atoms with Crippen LogP contribution in [-0.2, 0) is 13.2 Å². The minimum atomic E-state index is -4.18. The number of aliphatic hydroxyl groups excluding tert-OH is 1. The lowest BCUT2D eigenvalue weighted by Gasteiger charge is -2.08. The molecule has 0 saturated carbocycles. The highest BCUT2D eigenvalue weighted by atomic mass is 19.4. The molecule has 0 unspecified atom stereocenters. The van der Waals surface area contributed by atoms with Crippen molar-refractivity contribution in [2.45, 2.75) is 19.3 Å². The Labute approximate surface area is 85.7 Å². The second-order valence-electron chi connectivity index (χ2n) is 3.19. The summed E-state index contributed by atoms with van der Waals surface area (Å²) in [7, 11) is 0. The van der Waals surface area contributed by atoms with E-state index in [0.29, 0.717) is 0 Å². The normalized spacial score (nSPS) is 11.7. The fourth-order valence-electron chi connectivity index (χ4n) is 1.11. The molecule has 0 aliphatic carbocycles. The van der Waals surface area contributed by atoms with Crippen LogP contribution in [0.3, 0.4) is 0 Å². The third kappa shape index (κ3) is 4.80. The lowest BCUT2D eigenvalue weighted by atomic mass is 10.1. The fraction of sp³-hybridized carbons (Fsp3) is 0.400. The van der Waals surface area contributed by atoms with Crippen LogP contribution in [0.1, 0.15) is 11.1 Å². The average molecular weight is 219 g/mol. The van der Waals surface area contributed by atoms with Gasteiger partial charge in [0.15, 0.2) is 0 Å². The first-order valence-electron chi connectivity index (χ1n) is 4.47. The van der Waals surface area contributed by atoms with E-state index in [1.807, 2.05) is 0 Å². The number of benzene rings is 1. The third-order valence-corrected chi connectivity index (χ3v) is 1.86. The molecule has 1 aromatic carbocycles. The van der Waals surface area contributed by atoms with E-state index < -0.39 is 12.7 Å². The first-order valence-corrected chi connectivity index (χ1v) is 4.47. The molecule has 0 aromatic heterocycles. The number of alkyl halides is 3. The Morgan fingerprint density at radius 1 is 1.07 bits per heavy atom. The van der Waals surface area contributed by atoms with Crippen LogP contribution >= 0.6 is 0 Å². The maximum absolute atomic E-state index is 11.8. The van der Waals surface area contributed by atoms with Crippen molar-refractivity contribution >= 4 is 0 Å². The smallest absolute Gasteiger partial charge is 0.392 e. The lowest BCUT2D eigenvalue weighted by molar-refractivity contribution is -0.125. The number of halogens is 3. The van der Waals surface area contributed by atoms with Crippen LogP contribution in [0.2, 0.25) is 0 Å². The number of aliphatic hydroxyl groups is 1. The summed E-state index contributed by atoms with van der Waals surface area (Å²) in [5, 5.41) is 11.0. The number of nitrogens with one attached hydrogen (secondary N) is 1. The fourth-order valence-corrected chi connectivity index (χ4v) is 1.11. The van der Waals surface area contributed by atoms with Crippen molar-refractivity contribution in [3.63, 3.8) is 0 Å². The van der Waals surface area contributed by atoms with Crippen LogP contribution < -0.4 is 5.32 Å². The molecule has 15 heavy (non-hydrogen) atoms. The molecule has 0 atom stereocenters. The zero-order valence-electron chi connectivity index (χ0n) is 8.01. The van der Waals surface area contributed by atoms with Crippen LogP contribution in [-0.4, -0.2) is 17.8 Å². The highest BCUT2D eigenvalue weighted by Gasteiger charge is 2.25. The van der Waals surface area contributed by atoms with Gasteiger partial charge in [0.25, 0.3) is 0 Å². The second kappa shape index (κ2) is 5.14. The SMILES string of the molecule is OCc1ccc(CNCC(F)(F)F)cc1. The van der Waals surface area contributed by atoms with Crippen molar-refractivity contribution in [2.24, 2.45) is 0 Å². The number of rotatable bonds is 4. The summed E-state index contributed by atoms with van der Waals surface area (Å²) < 4.78 is 35.3. The van der Waals surface area contributed by atoms with E-state index in [1.165, 1.54) is 0 Å². The van der Waals surface area contributed by atoms with Crippen molar-refractivity contribution in [3.05, 3.63) is 35.4 Å². The lowest BCUT2D eigenvalue weighted by Crippen LogP contribution is -2.28. The van der Waals surface area contributed by atoms with Gasteiger partial charge < -0.3 is 10.4 Å². The van der Waals surface area contributed by atoms with Crippen molar-refractivity contribution in [2.75, 3.05) is 6.54 Å². The molecule has 0 aliphatic rings. The molecule has 0 heterocycles. The molecular formula is C10H12F3NO. The molecule has 0 aliphatic heterocycles. The topological polar surface area (TPSA) is 32.3 Å². The zero-order valence-corrected chi connectivity index (χ0v) is 8.01. The van der Waals surface area contributed by atoms with Crippen molar-refractivity contribution in [1.82, 2.24) is 5.32 Å². The minimum Gasteiger partial charge on any atom is -0.392 e. The van der Waals surface area contributed by atoms with Gasteiger partial charge in [0, 0.05) is 6.54 Å². The Hall–Kier alpha value is -1.07. The number of hydrogen-bond donors (Lipinski definition) is 2. The molecule has 0 amide bonds. The standard InChI is InChI=1S/C10H12F3NO/c11-10(12,13)7-14-5-8-1-3-9(6-15)4-2-8/h1-4,14-15H,5-7H2. The first-order chi connectivity index (χ1) is 7.01. The van der Waals surface area contributed by atoms with Gasteiger partial charge in [-0.3, -0.25) is 0 Å². The van der Waals surface area contributed by atoms with Crippen LogP contribution in [0.5, 0.6) is 0 Å². The van der Waals surface area contributed by atoms with Gasteiger partial charge in [-0.25, -0.2) is 0 Å². The molecule has 0 fully saturated rings. The maximum atomic E-state index is 11.8. The Morgan fingerprint density at radius 3 is 2.07 bits per heavy atom. The van der Waals surface area contributed by atoms with E-state index in [9.17, 15) is 13.2 Å². The summed E-state index contributed by atoms with van der Waals surface area (Å²) >= 11 is 0. The van der Waals surface area contributed by atoms with Gasteiger partial charge in [0.2, 0.25) is 0 Å². The summed E-state index contributed by atoms with van der Waals surface area (Å²) in [6.07, 6.45) is -4.18. The van der Waals surface area contributed by atoms with E-state index in [1.54, 1.807) is 24.3 Å². The third-order valence-electron chi connectivity index (χ3n) is 1.86. The van der Waals surface area contributed by atoms with Crippen LogP contribution in [0.25, 0.3) is 0 Å². The summed E-state index contributed by atoms with van der Waals surface area (Å²) in [4.78, 5) is 0. The Kier molecular flexibility index (Phi) is 4.11. The monoisotopic (exact) mass is 219 g/mol. The number of hydrogen-bond acceptors (Lipinski definition) is 2. The molecule has 2 N–H and O–H groups in total. The first kappa shape index (κ1) is 12.0. The second-order valence-corrected chi connectivity index (χ2v) is 3.19. The molecule has 1 aromatic rings. The maximum Gasteiger partial charge on any atom is 0.401 e.